The zero-order chi connectivity index (χ0) is 18.6. The fourth-order valence-electron chi connectivity index (χ4n) is 3.22. The molecule has 0 unspecified atom stereocenters. The van der Waals surface area contributed by atoms with Crippen LogP contribution < -0.4 is 4.90 Å². The van der Waals surface area contributed by atoms with Gasteiger partial charge in [0.15, 0.2) is 0 Å². The van der Waals surface area contributed by atoms with Gasteiger partial charge in [-0.3, -0.25) is 0 Å². The van der Waals surface area contributed by atoms with Gasteiger partial charge < -0.3 is 15.3 Å². The van der Waals surface area contributed by atoms with E-state index in [2.05, 4.69) is 64.5 Å². The van der Waals surface area contributed by atoms with E-state index in [-0.39, 0.29) is 0 Å². The van der Waals surface area contributed by atoms with Crippen molar-refractivity contribution < 1.29 is 0 Å². The van der Waals surface area contributed by atoms with Gasteiger partial charge in [-0.25, -0.2) is 4.98 Å². The minimum atomic E-state index is 0.526. The molecule has 0 fully saturated rings. The smallest absolute Gasteiger partial charge is 0.129 e. The van der Waals surface area contributed by atoms with Crippen LogP contribution in [0.3, 0.4) is 0 Å². The van der Waals surface area contributed by atoms with Crippen molar-refractivity contribution >= 4 is 22.4 Å². The van der Waals surface area contributed by atoms with Crippen molar-refractivity contribution in [1.29, 1.82) is 5.41 Å². The van der Waals surface area contributed by atoms with Crippen molar-refractivity contribution in [3.63, 3.8) is 0 Å². The molecule has 0 aliphatic rings. The zero-order valence-corrected chi connectivity index (χ0v) is 15.3. The van der Waals surface area contributed by atoms with Crippen molar-refractivity contribution in [3.05, 3.63) is 95.8 Å². The first-order valence-electron chi connectivity index (χ1n) is 9.06. The number of hydrogen-bond donors (Lipinski definition) is 2. The third-order valence-corrected chi connectivity index (χ3v) is 4.65. The van der Waals surface area contributed by atoms with Crippen LogP contribution >= 0.6 is 0 Å². The molecule has 0 amide bonds. The van der Waals surface area contributed by atoms with Crippen LogP contribution in [0.1, 0.15) is 23.7 Å². The third-order valence-electron chi connectivity index (χ3n) is 4.65. The van der Waals surface area contributed by atoms with Crippen LogP contribution in [0.15, 0.2) is 79.0 Å². The highest BCUT2D eigenvalue weighted by Gasteiger charge is 2.12. The summed E-state index contributed by atoms with van der Waals surface area (Å²) < 4.78 is 0. The van der Waals surface area contributed by atoms with E-state index < -0.39 is 0 Å². The van der Waals surface area contributed by atoms with Gasteiger partial charge in [0.25, 0.3) is 0 Å². The zero-order valence-electron chi connectivity index (χ0n) is 15.3. The van der Waals surface area contributed by atoms with Crippen molar-refractivity contribution in [3.8, 4) is 0 Å². The first-order chi connectivity index (χ1) is 13.2. The lowest BCUT2D eigenvalue weighted by Crippen LogP contribution is -2.23. The molecule has 0 aliphatic carbocycles. The van der Waals surface area contributed by atoms with E-state index in [4.69, 9.17) is 10.4 Å². The number of H-pyrrole nitrogens is 1. The molecule has 2 heterocycles. The number of nitrogens with zero attached hydrogens (tertiary/aromatic N) is 2. The summed E-state index contributed by atoms with van der Waals surface area (Å²) in [5.74, 6) is 0.934. The van der Waals surface area contributed by atoms with Gasteiger partial charge in [-0.05, 0) is 30.2 Å². The molecule has 2 aromatic heterocycles. The first-order valence-corrected chi connectivity index (χ1v) is 9.06. The molecule has 4 heteroatoms. The van der Waals surface area contributed by atoms with Crippen LogP contribution in [0.4, 0.5) is 5.82 Å². The van der Waals surface area contributed by atoms with Crippen LogP contribution in [0.25, 0.3) is 10.9 Å². The second kappa shape index (κ2) is 7.46. The molecule has 0 atom stereocenters. The van der Waals surface area contributed by atoms with Crippen LogP contribution in [-0.2, 0) is 13.1 Å². The highest BCUT2D eigenvalue weighted by atomic mass is 15.2. The summed E-state index contributed by atoms with van der Waals surface area (Å²) in [6, 6.07) is 25.0. The maximum absolute atomic E-state index is 7.84. The predicted molar refractivity (Wildman–Crippen MR) is 111 cm³/mol. The minimum absolute atomic E-state index is 0.526. The Labute approximate surface area is 159 Å². The van der Waals surface area contributed by atoms with Crippen LogP contribution in [-0.4, -0.2) is 15.7 Å². The Bertz CT molecular complexity index is 1010. The summed E-state index contributed by atoms with van der Waals surface area (Å²) in [7, 11) is 0. The molecule has 2 N–H and O–H groups in total. The molecule has 4 aromatic rings. The van der Waals surface area contributed by atoms with Gasteiger partial charge in [0.2, 0.25) is 0 Å². The van der Waals surface area contributed by atoms with E-state index in [1.54, 1.807) is 6.92 Å². The molecule has 4 rings (SSSR count). The van der Waals surface area contributed by atoms with Crippen LogP contribution in [0, 0.1) is 5.41 Å². The Hall–Kier alpha value is -3.40. The molecule has 0 bridgehead atoms. The Morgan fingerprint density at radius 2 is 1.52 bits per heavy atom. The lowest BCUT2D eigenvalue weighted by Gasteiger charge is -2.24. The molecule has 2 aromatic carbocycles. The number of aromatic amines is 1. The summed E-state index contributed by atoms with van der Waals surface area (Å²) in [6.07, 6.45) is 1.86. The monoisotopic (exact) mass is 354 g/mol. The third kappa shape index (κ3) is 3.90. The molecular weight excluding hydrogens is 332 g/mol. The van der Waals surface area contributed by atoms with Gasteiger partial charge in [-0.2, -0.15) is 0 Å². The van der Waals surface area contributed by atoms with Gasteiger partial charge in [0, 0.05) is 18.5 Å². The molecular formula is C23H22N4. The number of benzene rings is 2. The lowest BCUT2D eigenvalue weighted by molar-refractivity contribution is 0.785. The second-order valence-corrected chi connectivity index (χ2v) is 6.77. The van der Waals surface area contributed by atoms with Gasteiger partial charge in [-0.15, -0.1) is 0 Å². The highest BCUT2D eigenvalue weighted by molar-refractivity contribution is 5.99. The summed E-state index contributed by atoms with van der Waals surface area (Å²) in [6.45, 7) is 3.36. The van der Waals surface area contributed by atoms with E-state index in [1.807, 2.05) is 24.4 Å². The molecule has 0 spiro atoms. The molecule has 4 nitrogen and oxygen atoms in total. The van der Waals surface area contributed by atoms with Crippen LogP contribution in [0.5, 0.6) is 0 Å². The second-order valence-electron chi connectivity index (χ2n) is 6.77. The van der Waals surface area contributed by atoms with Gasteiger partial charge in [0.05, 0.1) is 23.1 Å². The average Bonchev–Trinajstić information content (AvgIpc) is 3.13. The number of nitrogens with one attached hydrogen (secondary N) is 2. The van der Waals surface area contributed by atoms with E-state index in [1.165, 1.54) is 11.1 Å². The summed E-state index contributed by atoms with van der Waals surface area (Å²) in [4.78, 5) is 10.2. The van der Waals surface area contributed by atoms with E-state index in [0.29, 0.717) is 5.71 Å². The molecule has 0 radical (unpaired) electrons. The van der Waals surface area contributed by atoms with E-state index >= 15 is 0 Å². The average molecular weight is 354 g/mol. The normalized spacial score (nSPS) is 10.9. The summed E-state index contributed by atoms with van der Waals surface area (Å²) in [5.41, 5.74) is 4.82. The van der Waals surface area contributed by atoms with Crippen molar-refractivity contribution in [2.24, 2.45) is 0 Å². The minimum Gasteiger partial charge on any atom is -0.352 e. The van der Waals surface area contributed by atoms with Crippen LogP contribution in [0.2, 0.25) is 0 Å². The first kappa shape index (κ1) is 17.0. The molecule has 0 saturated heterocycles. The number of rotatable bonds is 6. The Morgan fingerprint density at radius 1 is 0.926 bits per heavy atom. The number of anilines is 1. The molecule has 0 saturated carbocycles. The number of fused-ring (bicyclic) bond motifs is 1. The fourth-order valence-corrected chi connectivity index (χ4v) is 3.22. The predicted octanol–water partition coefficient (Wildman–Crippen LogP) is 5.16. The quantitative estimate of drug-likeness (QED) is 0.470. The Morgan fingerprint density at radius 3 is 2.07 bits per heavy atom. The highest BCUT2D eigenvalue weighted by Crippen LogP contribution is 2.23. The maximum Gasteiger partial charge on any atom is 0.129 e. The Balaban J connectivity index is 1.70. The lowest BCUT2D eigenvalue weighted by atomic mass is 10.1. The summed E-state index contributed by atoms with van der Waals surface area (Å²) in [5, 5.41) is 8.92. The van der Waals surface area contributed by atoms with Crippen molar-refractivity contribution in [2.45, 2.75) is 20.0 Å². The topological polar surface area (TPSA) is 55.8 Å². The number of aromatic nitrogens is 2. The SMILES string of the molecule is CC(=N)c1cc2cc(N(Cc3ccccc3)Cc3ccccc3)ncc2[nH]1. The summed E-state index contributed by atoms with van der Waals surface area (Å²) >= 11 is 0. The molecule has 27 heavy (non-hydrogen) atoms. The van der Waals surface area contributed by atoms with Gasteiger partial charge in [0.1, 0.15) is 5.82 Å². The molecule has 134 valence electrons. The Kier molecular flexibility index (Phi) is 4.71. The standard InChI is InChI=1S/C23H22N4/c1-17(24)21-12-20-13-23(25-14-22(20)26-21)27(15-18-8-4-2-5-9-18)16-19-10-6-3-7-11-19/h2-14,24,26H,15-16H2,1H3. The van der Waals surface area contributed by atoms with Crippen molar-refractivity contribution in [2.75, 3.05) is 4.90 Å². The number of hydrogen-bond acceptors (Lipinski definition) is 3. The fraction of sp³-hybridized carbons (Fsp3) is 0.130. The van der Waals surface area contributed by atoms with E-state index in [9.17, 15) is 0 Å². The van der Waals surface area contributed by atoms with E-state index in [0.717, 1.165) is 35.5 Å². The van der Waals surface area contributed by atoms with Gasteiger partial charge in [-0.1, -0.05) is 60.7 Å². The largest absolute Gasteiger partial charge is 0.352 e. The number of pyridine rings is 1. The van der Waals surface area contributed by atoms with Crippen molar-refractivity contribution in [1.82, 2.24) is 9.97 Å². The molecule has 0 aliphatic heterocycles. The van der Waals surface area contributed by atoms with Gasteiger partial charge >= 0.3 is 0 Å². The maximum atomic E-state index is 7.84.